The van der Waals surface area contributed by atoms with Crippen LogP contribution in [0, 0.1) is 0 Å². The molecule has 2 amide bonds. The van der Waals surface area contributed by atoms with Gasteiger partial charge < -0.3 is 14.8 Å². The van der Waals surface area contributed by atoms with E-state index in [0.717, 1.165) is 5.56 Å². The van der Waals surface area contributed by atoms with Crippen molar-refractivity contribution in [2.75, 3.05) is 6.61 Å². The highest BCUT2D eigenvalue weighted by Gasteiger charge is 2.25. The van der Waals surface area contributed by atoms with Crippen molar-refractivity contribution < 1.29 is 19.1 Å². The Kier molecular flexibility index (Phi) is 11.9. The molecule has 0 bridgehead atoms. The lowest BCUT2D eigenvalue weighted by Gasteiger charge is -2.21. The molecule has 0 saturated heterocycles. The summed E-state index contributed by atoms with van der Waals surface area (Å²) in [5, 5.41) is 7.55. The molecule has 0 aliphatic rings. The molecule has 3 aromatic rings. The Bertz CT molecular complexity index is 1330. The van der Waals surface area contributed by atoms with Crippen molar-refractivity contribution in [1.82, 2.24) is 10.7 Å². The standard InChI is InChI=1S/C28H25Br2Cl2N3O4/c1-3-11-38-26-21(29)12-19(13-22(26)30)16-33-35-28(37)24(14-18-7-5-4-6-8-18)34-27(36)17(2)39-25-10-9-20(31)15-23(25)32/h3-10,12-13,15-17,24H,1,11,14H2,2H3,(H,34,36)(H,35,37)/b33-16-/t17-,24+/m1/s1. The van der Waals surface area contributed by atoms with Crippen LogP contribution in [0.1, 0.15) is 18.1 Å². The molecule has 7 nitrogen and oxygen atoms in total. The van der Waals surface area contributed by atoms with Crippen LogP contribution in [-0.2, 0) is 16.0 Å². The van der Waals surface area contributed by atoms with Crippen LogP contribution in [0.4, 0.5) is 0 Å². The Hall–Kier alpha value is -2.85. The third-order valence-corrected chi connectivity index (χ3v) is 6.95. The summed E-state index contributed by atoms with van der Waals surface area (Å²) in [4.78, 5) is 26.0. The Morgan fingerprint density at radius 1 is 1.05 bits per heavy atom. The summed E-state index contributed by atoms with van der Waals surface area (Å²) in [7, 11) is 0. The molecule has 11 heteroatoms. The fourth-order valence-electron chi connectivity index (χ4n) is 3.35. The van der Waals surface area contributed by atoms with E-state index >= 15 is 0 Å². The van der Waals surface area contributed by atoms with Gasteiger partial charge in [0.15, 0.2) is 6.10 Å². The second-order valence-electron chi connectivity index (χ2n) is 8.23. The number of nitrogens with one attached hydrogen (secondary N) is 2. The zero-order valence-electron chi connectivity index (χ0n) is 20.8. The van der Waals surface area contributed by atoms with E-state index in [-0.39, 0.29) is 11.4 Å². The Balaban J connectivity index is 1.70. The number of amides is 2. The molecule has 3 rings (SSSR count). The smallest absolute Gasteiger partial charge is 0.262 e. The monoisotopic (exact) mass is 695 g/mol. The zero-order valence-corrected chi connectivity index (χ0v) is 25.5. The van der Waals surface area contributed by atoms with Crippen molar-refractivity contribution in [2.45, 2.75) is 25.5 Å². The lowest BCUT2D eigenvalue weighted by molar-refractivity contribution is -0.132. The Morgan fingerprint density at radius 2 is 1.74 bits per heavy atom. The van der Waals surface area contributed by atoms with Gasteiger partial charge in [-0.15, -0.1) is 0 Å². The fraction of sp³-hybridized carbons (Fsp3) is 0.179. The van der Waals surface area contributed by atoms with Crippen LogP contribution in [0.3, 0.4) is 0 Å². The number of benzene rings is 3. The molecule has 0 aromatic heterocycles. The van der Waals surface area contributed by atoms with Crippen molar-refractivity contribution in [3.63, 3.8) is 0 Å². The van der Waals surface area contributed by atoms with E-state index < -0.39 is 24.0 Å². The van der Waals surface area contributed by atoms with Gasteiger partial charge in [-0.25, -0.2) is 5.43 Å². The minimum absolute atomic E-state index is 0.245. The predicted octanol–water partition coefficient (Wildman–Crippen LogP) is 6.73. The summed E-state index contributed by atoms with van der Waals surface area (Å²) < 4.78 is 12.7. The summed E-state index contributed by atoms with van der Waals surface area (Å²) in [6.45, 7) is 5.56. The first-order valence-corrected chi connectivity index (χ1v) is 14.0. The number of carbonyl (C=O) groups is 2. The van der Waals surface area contributed by atoms with Gasteiger partial charge in [-0.05, 0) is 80.2 Å². The third-order valence-electron chi connectivity index (χ3n) is 5.24. The molecule has 0 aliphatic carbocycles. The number of hydrazone groups is 1. The van der Waals surface area contributed by atoms with Crippen LogP contribution in [-0.4, -0.2) is 36.8 Å². The number of carbonyl (C=O) groups excluding carboxylic acids is 2. The maximum absolute atomic E-state index is 13.1. The zero-order chi connectivity index (χ0) is 28.4. The maximum Gasteiger partial charge on any atom is 0.262 e. The third kappa shape index (κ3) is 9.39. The van der Waals surface area contributed by atoms with Gasteiger partial charge in [0.1, 0.15) is 24.1 Å². The van der Waals surface area contributed by atoms with Gasteiger partial charge in [0.25, 0.3) is 11.8 Å². The van der Waals surface area contributed by atoms with E-state index in [2.05, 4.69) is 54.3 Å². The minimum Gasteiger partial charge on any atom is -0.487 e. The average Bonchev–Trinajstić information content (AvgIpc) is 2.90. The molecule has 2 N–H and O–H groups in total. The van der Waals surface area contributed by atoms with Crippen molar-refractivity contribution in [3.8, 4) is 11.5 Å². The maximum atomic E-state index is 13.1. The van der Waals surface area contributed by atoms with Crippen molar-refractivity contribution in [2.24, 2.45) is 5.10 Å². The fourth-order valence-corrected chi connectivity index (χ4v) is 5.25. The van der Waals surface area contributed by atoms with E-state index in [1.165, 1.54) is 12.3 Å². The molecule has 0 unspecified atom stereocenters. The minimum atomic E-state index is -0.935. The summed E-state index contributed by atoms with van der Waals surface area (Å²) in [6.07, 6.45) is 2.44. The quantitative estimate of drug-likeness (QED) is 0.125. The molecule has 3 aromatic carbocycles. The number of halogens is 4. The lowest BCUT2D eigenvalue weighted by Crippen LogP contribution is -2.50. The molecule has 0 spiro atoms. The molecule has 2 atom stereocenters. The molecular formula is C28H25Br2Cl2N3O4. The number of rotatable bonds is 12. The lowest BCUT2D eigenvalue weighted by atomic mass is 10.1. The molecule has 204 valence electrons. The molecule has 0 saturated carbocycles. The average molecular weight is 698 g/mol. The number of hydrogen-bond acceptors (Lipinski definition) is 5. The van der Waals surface area contributed by atoms with Gasteiger partial charge in [0, 0.05) is 11.4 Å². The van der Waals surface area contributed by atoms with Crippen LogP contribution in [0.15, 0.2) is 87.4 Å². The van der Waals surface area contributed by atoms with E-state index in [0.29, 0.717) is 37.6 Å². The highest BCUT2D eigenvalue weighted by Crippen LogP contribution is 2.34. The van der Waals surface area contributed by atoms with Gasteiger partial charge in [-0.2, -0.15) is 5.10 Å². The molecule has 39 heavy (non-hydrogen) atoms. The summed E-state index contributed by atoms with van der Waals surface area (Å²) in [5.41, 5.74) is 4.07. The van der Waals surface area contributed by atoms with E-state index in [1.54, 1.807) is 37.3 Å². The van der Waals surface area contributed by atoms with Gasteiger partial charge in [-0.1, -0.05) is 66.2 Å². The molecule has 0 radical (unpaired) electrons. The van der Waals surface area contributed by atoms with Gasteiger partial charge in [0.2, 0.25) is 0 Å². The number of ether oxygens (including phenoxy) is 2. The first kappa shape index (κ1) is 30.7. The van der Waals surface area contributed by atoms with Crippen molar-refractivity contribution in [1.29, 1.82) is 0 Å². The summed E-state index contributed by atoms with van der Waals surface area (Å²) in [5.74, 6) is -0.0677. The Morgan fingerprint density at radius 3 is 2.38 bits per heavy atom. The topological polar surface area (TPSA) is 89.0 Å². The normalized spacial score (nSPS) is 12.4. The van der Waals surface area contributed by atoms with Crippen LogP contribution < -0.4 is 20.2 Å². The second kappa shape index (κ2) is 15.1. The van der Waals surface area contributed by atoms with E-state index in [4.69, 9.17) is 32.7 Å². The van der Waals surface area contributed by atoms with Crippen LogP contribution in [0.25, 0.3) is 0 Å². The number of hydrogen-bond donors (Lipinski definition) is 2. The molecule has 0 heterocycles. The molecule has 0 fully saturated rings. The Labute approximate surface area is 253 Å². The van der Waals surface area contributed by atoms with Gasteiger partial charge in [-0.3, -0.25) is 9.59 Å². The van der Waals surface area contributed by atoms with Crippen molar-refractivity contribution >= 4 is 73.1 Å². The SMILES string of the molecule is C=CCOc1c(Br)cc(/C=N\NC(=O)[C@H](Cc2ccccc2)NC(=O)[C@@H](C)Oc2ccc(Cl)cc2Cl)cc1Br. The van der Waals surface area contributed by atoms with Crippen LogP contribution >= 0.6 is 55.1 Å². The molecule has 0 aliphatic heterocycles. The van der Waals surface area contributed by atoms with Crippen molar-refractivity contribution in [3.05, 3.63) is 103 Å². The van der Waals surface area contributed by atoms with Crippen LogP contribution in [0.2, 0.25) is 10.0 Å². The van der Waals surface area contributed by atoms with Gasteiger partial charge >= 0.3 is 0 Å². The summed E-state index contributed by atoms with van der Waals surface area (Å²) in [6, 6.07) is 16.7. The number of nitrogens with zero attached hydrogens (tertiary/aromatic N) is 1. The highest BCUT2D eigenvalue weighted by atomic mass is 79.9. The van der Waals surface area contributed by atoms with Gasteiger partial charge in [0.05, 0.1) is 20.2 Å². The highest BCUT2D eigenvalue weighted by molar-refractivity contribution is 9.11. The second-order valence-corrected chi connectivity index (χ2v) is 10.8. The summed E-state index contributed by atoms with van der Waals surface area (Å²) >= 11 is 19.0. The van der Waals surface area contributed by atoms with Crippen LogP contribution in [0.5, 0.6) is 11.5 Å². The van der Waals surface area contributed by atoms with E-state index in [9.17, 15) is 9.59 Å². The molecular weight excluding hydrogens is 673 g/mol. The largest absolute Gasteiger partial charge is 0.487 e. The van der Waals surface area contributed by atoms with E-state index in [1.807, 2.05) is 30.3 Å². The first-order chi connectivity index (χ1) is 18.7. The predicted molar refractivity (Wildman–Crippen MR) is 162 cm³/mol. The first-order valence-electron chi connectivity index (χ1n) is 11.7.